The highest BCUT2D eigenvalue weighted by atomic mass is 35.5. The Bertz CT molecular complexity index is 1720. The number of aromatic amines is 1. The number of sulfonamides is 1. The number of nitrogens with zero attached hydrogens (tertiary/aromatic N) is 7. The Labute approximate surface area is 241 Å². The van der Waals surface area contributed by atoms with Gasteiger partial charge in [0.15, 0.2) is 0 Å². The largest absolute Gasteiger partial charge is 0.486 e. The molecule has 4 aromatic rings. The second kappa shape index (κ2) is 10.9. The third kappa shape index (κ3) is 5.97. The monoisotopic (exact) mass is 596 g/mol. The van der Waals surface area contributed by atoms with E-state index >= 15 is 0 Å². The van der Waals surface area contributed by atoms with Crippen molar-refractivity contribution in [3.8, 4) is 22.8 Å². The number of piperazine rings is 1. The molecular weight excluding hydrogens is 568 g/mol. The Morgan fingerprint density at radius 2 is 1.85 bits per heavy atom. The maximum absolute atomic E-state index is 13.6. The lowest BCUT2D eigenvalue weighted by Gasteiger charge is -2.35. The highest BCUT2D eigenvalue weighted by molar-refractivity contribution is 7.88. The Kier molecular flexibility index (Phi) is 7.26. The lowest BCUT2D eigenvalue weighted by molar-refractivity contribution is 0.242. The fourth-order valence-electron chi connectivity index (χ4n) is 4.78. The minimum Gasteiger partial charge on any atom is -0.486 e. The van der Waals surface area contributed by atoms with Gasteiger partial charge in [-0.15, -0.1) is 10.2 Å². The van der Waals surface area contributed by atoms with E-state index in [1.807, 2.05) is 4.90 Å². The van der Waals surface area contributed by atoms with Crippen LogP contribution in [0.25, 0.3) is 17.1 Å². The Balaban J connectivity index is 1.20. The molecule has 214 valence electrons. The Hall–Kier alpha value is -3.81. The first-order valence-corrected chi connectivity index (χ1v) is 15.3. The number of rotatable bonds is 9. The van der Waals surface area contributed by atoms with Crippen molar-refractivity contribution in [3.05, 3.63) is 75.7 Å². The molecule has 14 heteroatoms. The maximum atomic E-state index is 13.6. The van der Waals surface area contributed by atoms with E-state index < -0.39 is 10.0 Å². The number of hydrogen-bond donors (Lipinski definition) is 1. The molecule has 0 atom stereocenters. The number of tetrazole rings is 1. The van der Waals surface area contributed by atoms with Gasteiger partial charge in [0, 0.05) is 42.2 Å². The van der Waals surface area contributed by atoms with Crippen LogP contribution in [0.4, 0.5) is 5.69 Å². The number of hydrogen-bond acceptors (Lipinski definition) is 9. The van der Waals surface area contributed by atoms with Crippen LogP contribution in [0.15, 0.2) is 59.5 Å². The first-order chi connectivity index (χ1) is 19.7. The van der Waals surface area contributed by atoms with E-state index in [0.717, 1.165) is 12.8 Å². The summed E-state index contributed by atoms with van der Waals surface area (Å²) in [5, 5.41) is 18.8. The predicted octanol–water partition coefficient (Wildman–Crippen LogP) is 2.90. The highest BCUT2D eigenvalue weighted by Crippen LogP contribution is 2.45. The quantitative estimate of drug-likeness (QED) is 0.309. The topological polar surface area (TPSA) is 139 Å². The molecule has 0 radical (unpaired) electrons. The molecule has 2 aliphatic rings. The molecule has 1 aliphatic heterocycles. The van der Waals surface area contributed by atoms with Crippen molar-refractivity contribution >= 4 is 27.3 Å². The van der Waals surface area contributed by atoms with Crippen LogP contribution < -0.4 is 15.2 Å². The van der Waals surface area contributed by atoms with Crippen molar-refractivity contribution in [1.82, 2.24) is 34.7 Å². The van der Waals surface area contributed by atoms with Crippen LogP contribution in [-0.2, 0) is 15.8 Å². The third-order valence-corrected chi connectivity index (χ3v) is 9.57. The van der Waals surface area contributed by atoms with Gasteiger partial charge in [-0.3, -0.25) is 4.79 Å². The van der Waals surface area contributed by atoms with Crippen LogP contribution in [0.2, 0.25) is 5.02 Å². The highest BCUT2D eigenvalue weighted by Gasteiger charge is 2.39. The number of anilines is 1. The minimum atomic E-state index is -3.60. The molecule has 0 amide bonds. The normalized spacial score (nSPS) is 17.0. The molecule has 0 spiro atoms. The lowest BCUT2D eigenvalue weighted by atomic mass is 10.1. The molecule has 12 nitrogen and oxygen atoms in total. The number of nitrogens with one attached hydrogen (secondary N) is 1. The summed E-state index contributed by atoms with van der Waals surface area (Å²) in [6, 6.07) is 14.0. The van der Waals surface area contributed by atoms with E-state index in [1.165, 1.54) is 8.99 Å². The van der Waals surface area contributed by atoms with Gasteiger partial charge in [0.1, 0.15) is 5.69 Å². The molecule has 2 aromatic carbocycles. The summed E-state index contributed by atoms with van der Waals surface area (Å²) < 4.78 is 35.6. The van der Waals surface area contributed by atoms with Crippen molar-refractivity contribution in [2.75, 3.05) is 37.7 Å². The average molecular weight is 597 g/mol. The van der Waals surface area contributed by atoms with Gasteiger partial charge in [-0.1, -0.05) is 42.8 Å². The van der Waals surface area contributed by atoms with Crippen molar-refractivity contribution < 1.29 is 13.2 Å². The van der Waals surface area contributed by atoms with Crippen molar-refractivity contribution in [3.63, 3.8) is 0 Å². The lowest BCUT2D eigenvalue weighted by Crippen LogP contribution is -2.49. The van der Waals surface area contributed by atoms with Gasteiger partial charge in [0.25, 0.3) is 0 Å². The maximum Gasteiger partial charge on any atom is 0.316 e. The second-order valence-corrected chi connectivity index (χ2v) is 13.1. The van der Waals surface area contributed by atoms with Crippen LogP contribution in [-0.4, -0.2) is 75.9 Å². The molecule has 41 heavy (non-hydrogen) atoms. The molecule has 3 heterocycles. The molecule has 1 saturated heterocycles. The van der Waals surface area contributed by atoms with E-state index in [0.29, 0.717) is 53.0 Å². The molecule has 0 unspecified atom stereocenters. The fraction of sp³-hybridized carbons (Fsp3) is 0.370. The predicted molar refractivity (Wildman–Crippen MR) is 154 cm³/mol. The van der Waals surface area contributed by atoms with Gasteiger partial charge in [0.05, 0.1) is 24.2 Å². The van der Waals surface area contributed by atoms with Crippen LogP contribution in [0.3, 0.4) is 0 Å². The molecule has 6 rings (SSSR count). The first-order valence-electron chi connectivity index (χ1n) is 13.3. The van der Waals surface area contributed by atoms with Gasteiger partial charge in [-0.25, -0.2) is 8.42 Å². The summed E-state index contributed by atoms with van der Waals surface area (Å²) in [6.45, 7) is 3.86. The number of benzene rings is 2. The van der Waals surface area contributed by atoms with Gasteiger partial charge < -0.3 is 9.64 Å². The molecule has 1 N–H and O–H groups in total. The van der Waals surface area contributed by atoms with Crippen LogP contribution in [0.1, 0.15) is 25.3 Å². The number of ether oxygens (including phenoxy) is 1. The number of H-pyrrole nitrogens is 1. The zero-order valence-corrected chi connectivity index (χ0v) is 24.0. The number of halogens is 1. The van der Waals surface area contributed by atoms with Crippen molar-refractivity contribution in [2.45, 2.75) is 25.5 Å². The van der Waals surface area contributed by atoms with E-state index in [2.05, 4.69) is 32.6 Å². The smallest absolute Gasteiger partial charge is 0.316 e. The molecule has 2 aromatic heterocycles. The van der Waals surface area contributed by atoms with Crippen LogP contribution in [0.5, 0.6) is 5.75 Å². The average Bonchev–Trinajstić information content (AvgIpc) is 3.44. The Morgan fingerprint density at radius 3 is 2.56 bits per heavy atom. The summed E-state index contributed by atoms with van der Waals surface area (Å²) in [7, 11) is -3.60. The molecule has 0 bridgehead atoms. The SMILES string of the molecule is CC1(COc2c(N3CCN(S(=O)(=O)Cc4cccc(-c5nn[nH]n5)c4)CC3)cnn(-c3cccc(Cl)c3)c2=O)CC1. The van der Waals surface area contributed by atoms with Gasteiger partial charge in [0.2, 0.25) is 21.6 Å². The standard InChI is InChI=1S/C27H29ClN8O4S/c1-27(8-9-27)18-40-24-23(16-29-36(26(24)37)22-7-3-6-21(28)15-22)34-10-12-35(13-11-34)41(38,39)17-19-4-2-5-20(14-19)25-30-32-33-31-25/h2-7,14-16H,8-13,17-18H2,1H3,(H,30,31,32,33). The zero-order chi connectivity index (χ0) is 28.6. The minimum absolute atomic E-state index is 0.0572. The van der Waals surface area contributed by atoms with Gasteiger partial charge in [-0.2, -0.15) is 19.3 Å². The third-order valence-electron chi connectivity index (χ3n) is 7.49. The summed E-state index contributed by atoms with van der Waals surface area (Å²) in [5.41, 5.74) is 2.09. The van der Waals surface area contributed by atoms with E-state index in [1.54, 1.807) is 54.7 Å². The molecule has 2 fully saturated rings. The summed E-state index contributed by atoms with van der Waals surface area (Å²) in [6.07, 6.45) is 3.70. The van der Waals surface area contributed by atoms with Gasteiger partial charge >= 0.3 is 5.56 Å². The van der Waals surface area contributed by atoms with E-state index in [-0.39, 0.29) is 35.6 Å². The summed E-state index contributed by atoms with van der Waals surface area (Å²) in [4.78, 5) is 15.6. The summed E-state index contributed by atoms with van der Waals surface area (Å²) >= 11 is 6.16. The first kappa shape index (κ1) is 27.4. The van der Waals surface area contributed by atoms with E-state index in [9.17, 15) is 13.2 Å². The van der Waals surface area contributed by atoms with Crippen molar-refractivity contribution in [2.24, 2.45) is 5.41 Å². The van der Waals surface area contributed by atoms with Crippen LogP contribution >= 0.6 is 11.6 Å². The number of aromatic nitrogens is 6. The molecular formula is C27H29ClN8O4S. The van der Waals surface area contributed by atoms with Crippen molar-refractivity contribution in [1.29, 1.82) is 0 Å². The zero-order valence-electron chi connectivity index (χ0n) is 22.4. The summed E-state index contributed by atoms with van der Waals surface area (Å²) in [5.74, 6) is 0.461. The molecule has 1 saturated carbocycles. The fourth-order valence-corrected chi connectivity index (χ4v) is 6.47. The Morgan fingerprint density at radius 1 is 1.07 bits per heavy atom. The van der Waals surface area contributed by atoms with Crippen LogP contribution in [0, 0.1) is 5.41 Å². The molecule has 1 aliphatic carbocycles. The van der Waals surface area contributed by atoms with E-state index in [4.69, 9.17) is 16.3 Å². The van der Waals surface area contributed by atoms with Gasteiger partial charge in [-0.05, 0) is 47.9 Å². The second-order valence-electron chi connectivity index (χ2n) is 10.7.